The van der Waals surface area contributed by atoms with Gasteiger partial charge in [-0.25, -0.2) is 22.6 Å². The molecule has 0 radical (unpaired) electrons. The Balaban J connectivity index is 2.24. The summed E-state index contributed by atoms with van der Waals surface area (Å²) in [5.74, 6) is 0.0390. The van der Waals surface area contributed by atoms with E-state index in [-0.39, 0.29) is 30.2 Å². The second-order valence-corrected chi connectivity index (χ2v) is 7.61. The van der Waals surface area contributed by atoms with Crippen molar-refractivity contribution in [3.63, 3.8) is 0 Å². The highest BCUT2D eigenvalue weighted by molar-refractivity contribution is 7.89. The van der Waals surface area contributed by atoms with Gasteiger partial charge in [-0.3, -0.25) is 4.57 Å². The van der Waals surface area contributed by atoms with Crippen LogP contribution in [-0.2, 0) is 29.8 Å². The number of halogens is 3. The van der Waals surface area contributed by atoms with Gasteiger partial charge in [0.15, 0.2) is 5.82 Å². The van der Waals surface area contributed by atoms with Crippen molar-refractivity contribution in [2.75, 3.05) is 12.3 Å². The molecule has 2 rings (SSSR count). The quantitative estimate of drug-likeness (QED) is 0.776. The molecule has 1 N–H and O–H groups in total. The Kier molecular flexibility index (Phi) is 5.91. The first kappa shape index (κ1) is 20.2. The first-order valence-electron chi connectivity index (χ1n) is 7.84. The van der Waals surface area contributed by atoms with Gasteiger partial charge in [0, 0.05) is 19.2 Å². The summed E-state index contributed by atoms with van der Waals surface area (Å²) in [5, 5.41) is 4.03. The molecule has 0 saturated carbocycles. The highest BCUT2D eigenvalue weighted by Gasteiger charge is 2.30. The van der Waals surface area contributed by atoms with Crippen LogP contribution in [0.3, 0.4) is 0 Å². The van der Waals surface area contributed by atoms with Gasteiger partial charge in [-0.1, -0.05) is 19.1 Å². The number of rotatable bonds is 7. The third-order valence-electron chi connectivity index (χ3n) is 3.61. The van der Waals surface area contributed by atoms with Gasteiger partial charge in [0.2, 0.25) is 10.0 Å². The van der Waals surface area contributed by atoms with E-state index in [1.54, 1.807) is 6.92 Å². The molecule has 0 fully saturated rings. The maximum absolute atomic E-state index is 12.9. The second kappa shape index (κ2) is 7.62. The SMILES string of the molecule is CCCS(=O)(=O)NCCn1nc(-c2cccc(C(F)(F)F)c2)n(C)c1=O. The summed E-state index contributed by atoms with van der Waals surface area (Å²) < 4.78 is 66.2. The lowest BCUT2D eigenvalue weighted by Crippen LogP contribution is -2.32. The Labute approximate surface area is 148 Å². The van der Waals surface area contributed by atoms with Crippen LogP contribution in [0.2, 0.25) is 0 Å². The fourth-order valence-electron chi connectivity index (χ4n) is 2.37. The van der Waals surface area contributed by atoms with Crippen LogP contribution < -0.4 is 10.4 Å². The number of sulfonamides is 1. The molecule has 0 saturated heterocycles. The Bertz CT molecular complexity index is 932. The lowest BCUT2D eigenvalue weighted by molar-refractivity contribution is -0.137. The molecule has 0 bridgehead atoms. The van der Waals surface area contributed by atoms with E-state index < -0.39 is 27.5 Å². The first-order valence-corrected chi connectivity index (χ1v) is 9.49. The van der Waals surface area contributed by atoms with Crippen LogP contribution in [0.4, 0.5) is 13.2 Å². The normalized spacial score (nSPS) is 12.5. The molecule has 1 aromatic carbocycles. The van der Waals surface area contributed by atoms with Gasteiger partial charge in [0.05, 0.1) is 17.9 Å². The van der Waals surface area contributed by atoms with Crippen molar-refractivity contribution < 1.29 is 21.6 Å². The minimum atomic E-state index is -4.50. The predicted octanol–water partition coefficient (Wildman–Crippen LogP) is 1.60. The third kappa shape index (κ3) is 4.73. The summed E-state index contributed by atoms with van der Waals surface area (Å²) in [7, 11) is -2.03. The summed E-state index contributed by atoms with van der Waals surface area (Å²) in [6.45, 7) is 1.65. The molecule has 0 unspecified atom stereocenters. The monoisotopic (exact) mass is 392 g/mol. The summed E-state index contributed by atoms with van der Waals surface area (Å²) in [6, 6.07) is 4.50. The molecule has 1 heterocycles. The lowest BCUT2D eigenvalue weighted by Gasteiger charge is -2.08. The predicted molar refractivity (Wildman–Crippen MR) is 90.0 cm³/mol. The van der Waals surface area contributed by atoms with Gasteiger partial charge in [-0.05, 0) is 18.6 Å². The number of nitrogens with zero attached hydrogens (tertiary/aromatic N) is 3. The molecule has 0 aliphatic carbocycles. The Morgan fingerprint density at radius 3 is 2.58 bits per heavy atom. The molecule has 0 atom stereocenters. The van der Waals surface area contributed by atoms with E-state index in [0.29, 0.717) is 6.42 Å². The van der Waals surface area contributed by atoms with Gasteiger partial charge >= 0.3 is 11.9 Å². The zero-order chi connectivity index (χ0) is 19.5. The summed E-state index contributed by atoms with van der Waals surface area (Å²) in [6.07, 6.45) is -4.05. The van der Waals surface area contributed by atoms with Gasteiger partial charge in [-0.15, -0.1) is 5.10 Å². The first-order chi connectivity index (χ1) is 12.0. The zero-order valence-electron chi connectivity index (χ0n) is 14.2. The smallest absolute Gasteiger partial charge is 0.278 e. The number of nitrogens with one attached hydrogen (secondary N) is 1. The summed E-state index contributed by atoms with van der Waals surface area (Å²) >= 11 is 0. The van der Waals surface area contributed by atoms with Gasteiger partial charge in [0.1, 0.15) is 0 Å². The van der Waals surface area contributed by atoms with E-state index in [4.69, 9.17) is 0 Å². The van der Waals surface area contributed by atoms with Crippen LogP contribution in [0.25, 0.3) is 11.4 Å². The number of aromatic nitrogens is 3. The molecule has 1 aromatic heterocycles. The van der Waals surface area contributed by atoms with Crippen LogP contribution in [0.5, 0.6) is 0 Å². The van der Waals surface area contributed by atoms with Gasteiger partial charge in [0.25, 0.3) is 0 Å². The third-order valence-corrected chi connectivity index (χ3v) is 5.20. The molecule has 0 spiro atoms. The number of hydrogen-bond acceptors (Lipinski definition) is 4. The van der Waals surface area contributed by atoms with Crippen molar-refractivity contribution in [3.05, 3.63) is 40.3 Å². The molecule has 0 aliphatic heterocycles. The van der Waals surface area contributed by atoms with E-state index in [9.17, 15) is 26.4 Å². The Morgan fingerprint density at radius 2 is 1.96 bits per heavy atom. The highest BCUT2D eigenvalue weighted by atomic mass is 32.2. The molecular weight excluding hydrogens is 373 g/mol. The van der Waals surface area contributed by atoms with Crippen molar-refractivity contribution in [3.8, 4) is 11.4 Å². The highest BCUT2D eigenvalue weighted by Crippen LogP contribution is 2.31. The molecular formula is C15H19F3N4O3S. The fraction of sp³-hybridized carbons (Fsp3) is 0.467. The lowest BCUT2D eigenvalue weighted by atomic mass is 10.1. The van der Waals surface area contributed by atoms with E-state index in [1.807, 2.05) is 0 Å². The average molecular weight is 392 g/mol. The molecule has 0 aliphatic rings. The van der Waals surface area contributed by atoms with Crippen LogP contribution in [0, 0.1) is 0 Å². The van der Waals surface area contributed by atoms with E-state index in [0.717, 1.165) is 21.4 Å². The molecule has 26 heavy (non-hydrogen) atoms. The largest absolute Gasteiger partial charge is 0.416 e. The second-order valence-electron chi connectivity index (χ2n) is 5.68. The maximum atomic E-state index is 12.9. The minimum Gasteiger partial charge on any atom is -0.278 e. The van der Waals surface area contributed by atoms with E-state index >= 15 is 0 Å². The summed E-state index contributed by atoms with van der Waals surface area (Å²) in [4.78, 5) is 12.2. The fourth-order valence-corrected chi connectivity index (χ4v) is 3.45. The number of benzene rings is 1. The maximum Gasteiger partial charge on any atom is 0.416 e. The van der Waals surface area contributed by atoms with Crippen molar-refractivity contribution >= 4 is 10.0 Å². The topological polar surface area (TPSA) is 86.0 Å². The van der Waals surface area contributed by atoms with E-state index in [1.165, 1.54) is 19.2 Å². The molecule has 7 nitrogen and oxygen atoms in total. The summed E-state index contributed by atoms with van der Waals surface area (Å²) in [5.41, 5.74) is -1.25. The zero-order valence-corrected chi connectivity index (χ0v) is 15.1. The molecule has 0 amide bonds. The van der Waals surface area contributed by atoms with Gasteiger partial charge < -0.3 is 0 Å². The van der Waals surface area contributed by atoms with Crippen molar-refractivity contribution in [2.45, 2.75) is 26.1 Å². The number of alkyl halides is 3. The van der Waals surface area contributed by atoms with E-state index in [2.05, 4.69) is 9.82 Å². The number of hydrogen-bond donors (Lipinski definition) is 1. The van der Waals surface area contributed by atoms with Crippen LogP contribution in [0.1, 0.15) is 18.9 Å². The molecule has 144 valence electrons. The van der Waals surface area contributed by atoms with Crippen molar-refractivity contribution in [1.29, 1.82) is 0 Å². The molecule has 11 heteroatoms. The van der Waals surface area contributed by atoms with Gasteiger partial charge in [-0.2, -0.15) is 13.2 Å². The average Bonchev–Trinajstić information content (AvgIpc) is 2.82. The Hall–Kier alpha value is -2.14. The standard InChI is InChI=1S/C15H19F3N4O3S/c1-3-9-26(24,25)19-7-8-22-14(23)21(2)13(20-22)11-5-4-6-12(10-11)15(16,17)18/h4-6,10,19H,3,7-9H2,1-2H3. The van der Waals surface area contributed by atoms with Crippen LogP contribution in [0.15, 0.2) is 29.1 Å². The van der Waals surface area contributed by atoms with Crippen LogP contribution in [-0.4, -0.2) is 35.1 Å². The Morgan fingerprint density at radius 1 is 1.27 bits per heavy atom. The minimum absolute atomic E-state index is 0.0282. The van der Waals surface area contributed by atoms with Crippen LogP contribution >= 0.6 is 0 Å². The van der Waals surface area contributed by atoms with Crippen molar-refractivity contribution in [1.82, 2.24) is 19.1 Å². The van der Waals surface area contributed by atoms with Crippen molar-refractivity contribution in [2.24, 2.45) is 7.05 Å². The molecule has 2 aromatic rings.